The third kappa shape index (κ3) is 6.25. The first-order valence-electron chi connectivity index (χ1n) is 11.7. The molecule has 0 saturated carbocycles. The van der Waals surface area contributed by atoms with Crippen molar-refractivity contribution in [1.82, 2.24) is 19.4 Å². The lowest BCUT2D eigenvalue weighted by atomic mass is 10.0. The van der Waals surface area contributed by atoms with E-state index in [1.165, 1.54) is 25.3 Å². The number of nitrogens with one attached hydrogen (secondary N) is 1. The second-order valence-corrected chi connectivity index (χ2v) is 8.86. The Balaban J connectivity index is 1.73. The Kier molecular flexibility index (Phi) is 7.74. The number of rotatable bonds is 8. The van der Waals surface area contributed by atoms with Gasteiger partial charge >= 0.3 is 5.97 Å². The van der Waals surface area contributed by atoms with Crippen LogP contribution in [0.25, 0.3) is 33.3 Å². The quantitative estimate of drug-likeness (QED) is 0.207. The van der Waals surface area contributed by atoms with Crippen molar-refractivity contribution >= 4 is 28.6 Å². The van der Waals surface area contributed by atoms with Gasteiger partial charge in [0.15, 0.2) is 6.23 Å². The van der Waals surface area contributed by atoms with Crippen LogP contribution in [-0.4, -0.2) is 52.0 Å². The molecule has 3 heterocycles. The van der Waals surface area contributed by atoms with Crippen LogP contribution in [0.3, 0.4) is 0 Å². The van der Waals surface area contributed by atoms with Crippen LogP contribution in [0.4, 0.5) is 10.1 Å². The van der Waals surface area contributed by atoms with Gasteiger partial charge in [-0.05, 0) is 56.4 Å². The van der Waals surface area contributed by atoms with Crippen LogP contribution in [0.15, 0.2) is 73.2 Å². The van der Waals surface area contributed by atoms with Crippen LogP contribution in [0.1, 0.15) is 20.1 Å². The van der Waals surface area contributed by atoms with Gasteiger partial charge in [0.25, 0.3) is 0 Å². The van der Waals surface area contributed by atoms with E-state index in [1.54, 1.807) is 36.0 Å². The fourth-order valence-corrected chi connectivity index (χ4v) is 3.99. The monoisotopic (exact) mass is 501 g/mol. The van der Waals surface area contributed by atoms with Crippen LogP contribution in [0.2, 0.25) is 0 Å². The number of pyridine rings is 2. The van der Waals surface area contributed by atoms with Gasteiger partial charge in [0.05, 0.1) is 0 Å². The smallest absolute Gasteiger partial charge is 0.304 e. The number of benzene rings is 1. The lowest BCUT2D eigenvalue weighted by Crippen LogP contribution is -2.12. The molecule has 8 nitrogen and oxygen atoms in total. The van der Waals surface area contributed by atoms with Gasteiger partial charge in [0.2, 0.25) is 11.9 Å². The summed E-state index contributed by atoms with van der Waals surface area (Å²) in [4.78, 5) is 34.1. The van der Waals surface area contributed by atoms with Crippen molar-refractivity contribution in [2.24, 2.45) is 0 Å². The third-order valence-corrected chi connectivity index (χ3v) is 5.64. The van der Waals surface area contributed by atoms with Gasteiger partial charge in [-0.15, -0.1) is 0 Å². The number of halogens is 1. The van der Waals surface area contributed by atoms with Crippen molar-refractivity contribution < 1.29 is 18.7 Å². The third-order valence-electron chi connectivity index (χ3n) is 5.64. The summed E-state index contributed by atoms with van der Waals surface area (Å²) in [5.41, 5.74) is 4.23. The molecule has 37 heavy (non-hydrogen) atoms. The van der Waals surface area contributed by atoms with Crippen molar-refractivity contribution in [3.8, 4) is 22.3 Å². The standard InChI is InChI=1S/C28H28FN5O3/c1-18(37-19(2)35)34-17-25(21-10-11-30-26(29)15-21)24-14-22(16-31-28(24)34)20-7-5-8-23(13-20)32-27(36)9-6-12-33(3)4/h5-11,13-18H,12H2,1-4H3,(H,32,36)/b9-6+. The predicted octanol–water partition coefficient (Wildman–Crippen LogP) is 5.04. The largest absolute Gasteiger partial charge is 0.442 e. The summed E-state index contributed by atoms with van der Waals surface area (Å²) in [6, 6.07) is 12.5. The Bertz CT molecular complexity index is 1480. The zero-order chi connectivity index (χ0) is 26.5. The highest BCUT2D eigenvalue weighted by molar-refractivity contribution is 6.00. The number of fused-ring (bicyclic) bond motifs is 1. The van der Waals surface area contributed by atoms with E-state index in [4.69, 9.17) is 4.74 Å². The molecular formula is C28H28FN5O3. The summed E-state index contributed by atoms with van der Waals surface area (Å²) in [6.07, 6.45) is 7.60. The Labute approximate surface area is 214 Å². The highest BCUT2D eigenvalue weighted by Gasteiger charge is 2.18. The topological polar surface area (TPSA) is 89.3 Å². The van der Waals surface area contributed by atoms with Crippen molar-refractivity contribution in [3.63, 3.8) is 0 Å². The van der Waals surface area contributed by atoms with E-state index >= 15 is 0 Å². The highest BCUT2D eigenvalue weighted by Crippen LogP contribution is 2.35. The molecule has 1 unspecified atom stereocenters. The molecule has 1 amide bonds. The van der Waals surface area contributed by atoms with E-state index in [1.807, 2.05) is 49.3 Å². The molecule has 190 valence electrons. The molecule has 1 aromatic carbocycles. The number of aromatic nitrogens is 3. The van der Waals surface area contributed by atoms with E-state index in [9.17, 15) is 14.0 Å². The molecular weight excluding hydrogens is 473 g/mol. The molecule has 0 spiro atoms. The summed E-state index contributed by atoms with van der Waals surface area (Å²) in [5.74, 6) is -1.23. The summed E-state index contributed by atoms with van der Waals surface area (Å²) in [7, 11) is 3.86. The van der Waals surface area contributed by atoms with Gasteiger partial charge < -0.3 is 15.0 Å². The minimum Gasteiger partial charge on any atom is -0.442 e. The van der Waals surface area contributed by atoms with Gasteiger partial charge in [-0.1, -0.05) is 18.2 Å². The minimum atomic E-state index is -0.613. The van der Waals surface area contributed by atoms with Crippen molar-refractivity contribution in [2.45, 2.75) is 20.1 Å². The maximum absolute atomic E-state index is 14.0. The molecule has 0 fully saturated rings. The average Bonchev–Trinajstić information content (AvgIpc) is 3.23. The van der Waals surface area contributed by atoms with E-state index in [-0.39, 0.29) is 5.91 Å². The zero-order valence-corrected chi connectivity index (χ0v) is 21.1. The van der Waals surface area contributed by atoms with Gasteiger partial charge in [-0.25, -0.2) is 9.97 Å². The number of esters is 1. The number of carbonyl (C=O) groups is 2. The number of nitrogens with zero attached hydrogens (tertiary/aromatic N) is 4. The molecule has 1 atom stereocenters. The molecule has 0 saturated heterocycles. The molecule has 0 aliphatic carbocycles. The normalized spacial score (nSPS) is 12.3. The van der Waals surface area contributed by atoms with Crippen LogP contribution in [-0.2, 0) is 14.3 Å². The van der Waals surface area contributed by atoms with E-state index < -0.39 is 18.1 Å². The maximum atomic E-state index is 14.0. The molecule has 4 aromatic rings. The highest BCUT2D eigenvalue weighted by atomic mass is 19.1. The van der Waals surface area contributed by atoms with E-state index in [2.05, 4.69) is 15.3 Å². The maximum Gasteiger partial charge on any atom is 0.304 e. The fraction of sp³-hybridized carbons (Fsp3) is 0.214. The number of likely N-dealkylation sites (N-methyl/N-ethyl adjacent to an activating group) is 1. The second-order valence-electron chi connectivity index (χ2n) is 8.86. The number of hydrogen-bond donors (Lipinski definition) is 1. The molecule has 0 aliphatic rings. The first-order chi connectivity index (χ1) is 17.7. The predicted molar refractivity (Wildman–Crippen MR) is 141 cm³/mol. The zero-order valence-electron chi connectivity index (χ0n) is 21.1. The number of anilines is 1. The molecule has 4 rings (SSSR count). The molecule has 0 radical (unpaired) electrons. The van der Waals surface area contributed by atoms with Crippen LogP contribution < -0.4 is 5.32 Å². The fourth-order valence-electron chi connectivity index (χ4n) is 3.99. The first kappa shape index (κ1) is 25.7. The molecule has 1 N–H and O–H groups in total. The Hall–Kier alpha value is -4.37. The summed E-state index contributed by atoms with van der Waals surface area (Å²) in [5, 5.41) is 3.63. The Morgan fingerprint density at radius 1 is 1.14 bits per heavy atom. The number of amides is 1. The summed E-state index contributed by atoms with van der Waals surface area (Å²) in [6.45, 7) is 3.75. The average molecular weight is 502 g/mol. The second kappa shape index (κ2) is 11.1. The van der Waals surface area contributed by atoms with Gasteiger partial charge in [0.1, 0.15) is 5.65 Å². The van der Waals surface area contributed by atoms with Crippen LogP contribution in [0, 0.1) is 5.95 Å². The number of hydrogen-bond acceptors (Lipinski definition) is 6. The van der Waals surface area contributed by atoms with Crippen molar-refractivity contribution in [2.75, 3.05) is 26.0 Å². The Morgan fingerprint density at radius 3 is 2.68 bits per heavy atom. The molecule has 0 aliphatic heterocycles. The lowest BCUT2D eigenvalue weighted by Gasteiger charge is -2.14. The van der Waals surface area contributed by atoms with Gasteiger partial charge in [-0.3, -0.25) is 14.2 Å². The molecule has 9 heteroatoms. The van der Waals surface area contributed by atoms with E-state index in [0.29, 0.717) is 23.4 Å². The molecule has 0 bridgehead atoms. The SMILES string of the molecule is CC(=O)OC(C)n1cc(-c2ccnc(F)c2)c2cc(-c3cccc(NC(=O)/C=C/CN(C)C)c3)cnc21. The lowest BCUT2D eigenvalue weighted by molar-refractivity contribution is -0.149. The molecule has 3 aromatic heterocycles. The van der Waals surface area contributed by atoms with Gasteiger partial charge in [0, 0.05) is 66.4 Å². The van der Waals surface area contributed by atoms with Crippen molar-refractivity contribution in [3.05, 3.63) is 79.2 Å². The van der Waals surface area contributed by atoms with Gasteiger partial charge in [-0.2, -0.15) is 4.39 Å². The Morgan fingerprint density at radius 2 is 1.95 bits per heavy atom. The van der Waals surface area contributed by atoms with Crippen LogP contribution in [0.5, 0.6) is 0 Å². The number of ether oxygens (including phenoxy) is 1. The van der Waals surface area contributed by atoms with E-state index in [0.717, 1.165) is 22.1 Å². The van der Waals surface area contributed by atoms with Crippen LogP contribution >= 0.6 is 0 Å². The summed E-state index contributed by atoms with van der Waals surface area (Å²) >= 11 is 0. The number of carbonyl (C=O) groups excluding carboxylic acids is 2. The minimum absolute atomic E-state index is 0.217. The van der Waals surface area contributed by atoms with Crippen molar-refractivity contribution in [1.29, 1.82) is 0 Å². The summed E-state index contributed by atoms with van der Waals surface area (Å²) < 4.78 is 21.1. The first-order valence-corrected chi connectivity index (χ1v) is 11.7.